The van der Waals surface area contributed by atoms with Gasteiger partial charge in [0.2, 0.25) is 5.95 Å². The van der Waals surface area contributed by atoms with E-state index in [1.54, 1.807) is 24.5 Å². The van der Waals surface area contributed by atoms with Gasteiger partial charge in [0, 0.05) is 23.9 Å². The Morgan fingerprint density at radius 2 is 2.00 bits per heavy atom. The van der Waals surface area contributed by atoms with E-state index in [2.05, 4.69) is 26.5 Å². The van der Waals surface area contributed by atoms with Crippen molar-refractivity contribution >= 4 is 17.6 Å². The van der Waals surface area contributed by atoms with Gasteiger partial charge in [0.25, 0.3) is 0 Å². The molecule has 1 N–H and O–H groups in total. The maximum absolute atomic E-state index is 12.2. The van der Waals surface area contributed by atoms with Gasteiger partial charge in [-0.2, -0.15) is 10.4 Å². The van der Waals surface area contributed by atoms with Crippen molar-refractivity contribution in [2.24, 2.45) is 5.92 Å². The lowest BCUT2D eigenvalue weighted by molar-refractivity contribution is 0.0601. The van der Waals surface area contributed by atoms with Gasteiger partial charge in [0.15, 0.2) is 0 Å². The van der Waals surface area contributed by atoms with Crippen molar-refractivity contribution in [3.05, 3.63) is 54.0 Å². The number of aromatic nitrogens is 4. The minimum Gasteiger partial charge on any atom is -0.465 e. The Kier molecular flexibility index (Phi) is 5.94. The highest BCUT2D eigenvalue weighted by molar-refractivity contribution is 5.97. The number of hydrogen-bond acceptors (Lipinski definition) is 7. The van der Waals surface area contributed by atoms with Crippen molar-refractivity contribution in [3.63, 3.8) is 0 Å². The average molecular weight is 416 g/mol. The number of benzene rings is 1. The van der Waals surface area contributed by atoms with Crippen LogP contribution in [0.15, 0.2) is 42.9 Å². The van der Waals surface area contributed by atoms with Crippen LogP contribution >= 0.6 is 0 Å². The number of anilines is 2. The van der Waals surface area contributed by atoms with E-state index >= 15 is 0 Å². The van der Waals surface area contributed by atoms with Crippen molar-refractivity contribution < 1.29 is 9.53 Å². The van der Waals surface area contributed by atoms with Crippen LogP contribution in [-0.4, -0.2) is 32.8 Å². The van der Waals surface area contributed by atoms with Crippen LogP contribution in [0.25, 0.3) is 11.3 Å². The standard InChI is InChI=1S/C23H24N6O2/c1-15-12-25-23(28-21(15)19-5-3-4-6-20(19)22(30)31-2)27-17-13-26-29(14-17)18-9-7-16(11-24)8-10-18/h3-6,12-14,16,18H,7-10H2,1-2H3,(H,25,27,28). The zero-order chi connectivity index (χ0) is 21.8. The summed E-state index contributed by atoms with van der Waals surface area (Å²) in [5.74, 6) is 0.181. The van der Waals surface area contributed by atoms with Crippen LogP contribution in [0, 0.1) is 24.2 Å². The first-order valence-electron chi connectivity index (χ1n) is 10.3. The molecule has 1 aliphatic carbocycles. The van der Waals surface area contributed by atoms with Gasteiger partial charge in [0.1, 0.15) is 0 Å². The number of nitrogens with zero attached hydrogens (tertiary/aromatic N) is 5. The second-order valence-electron chi connectivity index (χ2n) is 7.73. The molecule has 0 saturated heterocycles. The third-order valence-electron chi connectivity index (χ3n) is 5.67. The zero-order valence-electron chi connectivity index (χ0n) is 17.6. The molecule has 4 rings (SSSR count). The molecule has 2 heterocycles. The van der Waals surface area contributed by atoms with Crippen LogP contribution in [0.5, 0.6) is 0 Å². The molecule has 0 radical (unpaired) electrons. The maximum atomic E-state index is 12.2. The van der Waals surface area contributed by atoms with Gasteiger partial charge < -0.3 is 10.1 Å². The van der Waals surface area contributed by atoms with Gasteiger partial charge in [-0.05, 0) is 44.2 Å². The summed E-state index contributed by atoms with van der Waals surface area (Å²) in [5, 5.41) is 16.8. The van der Waals surface area contributed by atoms with Gasteiger partial charge >= 0.3 is 5.97 Å². The summed E-state index contributed by atoms with van der Waals surface area (Å²) < 4.78 is 6.87. The van der Waals surface area contributed by atoms with Crippen molar-refractivity contribution in [2.45, 2.75) is 38.6 Å². The molecular formula is C23H24N6O2. The Morgan fingerprint density at radius 1 is 1.23 bits per heavy atom. The summed E-state index contributed by atoms with van der Waals surface area (Å²) in [7, 11) is 1.36. The van der Waals surface area contributed by atoms with E-state index in [1.807, 2.05) is 29.9 Å². The molecule has 158 valence electrons. The number of carbonyl (C=O) groups excluding carboxylic acids is 1. The third kappa shape index (κ3) is 4.40. The molecule has 1 aliphatic rings. The predicted molar refractivity (Wildman–Crippen MR) is 116 cm³/mol. The molecular weight excluding hydrogens is 392 g/mol. The summed E-state index contributed by atoms with van der Waals surface area (Å²) in [5.41, 5.74) is 3.46. The third-order valence-corrected chi connectivity index (χ3v) is 5.67. The van der Waals surface area contributed by atoms with Crippen molar-refractivity contribution in [2.75, 3.05) is 12.4 Å². The molecule has 8 heteroatoms. The molecule has 2 aromatic heterocycles. The van der Waals surface area contributed by atoms with E-state index < -0.39 is 5.97 Å². The highest BCUT2D eigenvalue weighted by Crippen LogP contribution is 2.32. The fraction of sp³-hybridized carbons (Fsp3) is 0.348. The van der Waals surface area contributed by atoms with Crippen molar-refractivity contribution in [3.8, 4) is 17.3 Å². The number of ether oxygens (including phenoxy) is 1. The smallest absolute Gasteiger partial charge is 0.338 e. The summed E-state index contributed by atoms with van der Waals surface area (Å²) in [6.45, 7) is 1.91. The van der Waals surface area contributed by atoms with E-state index in [9.17, 15) is 4.79 Å². The van der Waals surface area contributed by atoms with Crippen LogP contribution in [0.3, 0.4) is 0 Å². The summed E-state index contributed by atoms with van der Waals surface area (Å²) in [6, 6.07) is 9.90. The Bertz CT molecular complexity index is 1130. The first-order valence-corrected chi connectivity index (χ1v) is 10.3. The van der Waals surface area contributed by atoms with Gasteiger partial charge in [-0.1, -0.05) is 18.2 Å². The molecule has 0 amide bonds. The highest BCUT2D eigenvalue weighted by Gasteiger charge is 2.23. The molecule has 0 unspecified atom stereocenters. The van der Waals surface area contributed by atoms with Crippen LogP contribution in [-0.2, 0) is 4.74 Å². The molecule has 8 nitrogen and oxygen atoms in total. The lowest BCUT2D eigenvalue weighted by Gasteiger charge is -2.24. The molecule has 0 atom stereocenters. The lowest BCUT2D eigenvalue weighted by atomic mass is 9.87. The number of rotatable bonds is 5. The number of esters is 1. The van der Waals surface area contributed by atoms with Crippen molar-refractivity contribution in [1.82, 2.24) is 19.7 Å². The molecule has 31 heavy (non-hydrogen) atoms. The first-order chi connectivity index (χ1) is 15.1. The van der Waals surface area contributed by atoms with E-state index in [1.165, 1.54) is 7.11 Å². The van der Waals surface area contributed by atoms with E-state index in [4.69, 9.17) is 10.00 Å². The Balaban J connectivity index is 1.55. The van der Waals surface area contributed by atoms with Crippen LogP contribution in [0.4, 0.5) is 11.6 Å². The largest absolute Gasteiger partial charge is 0.465 e. The monoisotopic (exact) mass is 416 g/mol. The number of nitriles is 1. The lowest BCUT2D eigenvalue weighted by Crippen LogP contribution is -2.17. The van der Waals surface area contributed by atoms with E-state index in [0.717, 1.165) is 36.9 Å². The van der Waals surface area contributed by atoms with E-state index in [-0.39, 0.29) is 5.92 Å². The van der Waals surface area contributed by atoms with Gasteiger partial charge in [-0.15, -0.1) is 0 Å². The summed E-state index contributed by atoms with van der Waals surface area (Å²) >= 11 is 0. The Hall–Kier alpha value is -3.73. The van der Waals surface area contributed by atoms with Crippen LogP contribution in [0.1, 0.15) is 47.6 Å². The van der Waals surface area contributed by atoms with Crippen LogP contribution < -0.4 is 5.32 Å². The predicted octanol–water partition coefficient (Wildman–Crippen LogP) is 4.43. The second kappa shape index (κ2) is 8.96. The molecule has 1 aromatic carbocycles. The maximum Gasteiger partial charge on any atom is 0.338 e. The molecule has 1 saturated carbocycles. The summed E-state index contributed by atoms with van der Waals surface area (Å²) in [6.07, 6.45) is 9.15. The molecule has 0 aliphatic heterocycles. The topological polar surface area (TPSA) is 106 Å². The average Bonchev–Trinajstić information content (AvgIpc) is 3.28. The minimum atomic E-state index is -0.407. The summed E-state index contributed by atoms with van der Waals surface area (Å²) in [4.78, 5) is 21.2. The molecule has 3 aromatic rings. The first kappa shape index (κ1) is 20.5. The number of carbonyl (C=O) groups is 1. The SMILES string of the molecule is COC(=O)c1ccccc1-c1nc(Nc2cnn(C3CCC(C#N)CC3)c2)ncc1C. The number of nitrogens with one attached hydrogen (secondary N) is 1. The highest BCUT2D eigenvalue weighted by atomic mass is 16.5. The Morgan fingerprint density at radius 3 is 2.74 bits per heavy atom. The fourth-order valence-electron chi connectivity index (χ4n) is 3.95. The quantitative estimate of drug-likeness (QED) is 0.613. The minimum absolute atomic E-state index is 0.164. The van der Waals surface area contributed by atoms with Gasteiger partial charge in [-0.3, -0.25) is 4.68 Å². The van der Waals surface area contributed by atoms with E-state index in [0.29, 0.717) is 28.8 Å². The fourth-order valence-corrected chi connectivity index (χ4v) is 3.95. The number of methoxy groups -OCH3 is 1. The van der Waals surface area contributed by atoms with Crippen LogP contribution in [0.2, 0.25) is 0 Å². The molecule has 1 fully saturated rings. The van der Waals surface area contributed by atoms with Gasteiger partial charge in [0.05, 0.1) is 42.4 Å². The number of aryl methyl sites for hydroxylation is 1. The molecule has 0 bridgehead atoms. The normalized spacial score (nSPS) is 18.2. The second-order valence-corrected chi connectivity index (χ2v) is 7.73. The number of hydrogen-bond donors (Lipinski definition) is 1. The van der Waals surface area contributed by atoms with Gasteiger partial charge in [-0.25, -0.2) is 14.8 Å². The Labute approximate surface area is 180 Å². The van der Waals surface area contributed by atoms with Crippen molar-refractivity contribution in [1.29, 1.82) is 5.26 Å². The zero-order valence-corrected chi connectivity index (χ0v) is 17.6. The molecule has 0 spiro atoms.